The second kappa shape index (κ2) is 7.31. The van der Waals surface area contributed by atoms with E-state index in [1.807, 2.05) is 12.1 Å². The Balaban J connectivity index is 1.87. The van der Waals surface area contributed by atoms with Crippen LogP contribution in [-0.4, -0.2) is 6.54 Å². The van der Waals surface area contributed by atoms with Crippen molar-refractivity contribution in [3.63, 3.8) is 0 Å². The van der Waals surface area contributed by atoms with Crippen molar-refractivity contribution in [3.8, 4) is 5.75 Å². The predicted octanol–water partition coefficient (Wildman–Crippen LogP) is 4.15. The molecule has 20 heavy (non-hydrogen) atoms. The highest BCUT2D eigenvalue weighted by atomic mass is 35.5. The SMILES string of the molecule is CCCNCc1ccc(COc2ccc(F)cc2Cl)o1. The molecule has 1 aromatic heterocycles. The molecule has 1 N–H and O–H groups in total. The van der Waals surface area contributed by atoms with Crippen LogP contribution in [0.15, 0.2) is 34.7 Å². The van der Waals surface area contributed by atoms with Gasteiger partial charge in [0.25, 0.3) is 0 Å². The highest BCUT2D eigenvalue weighted by molar-refractivity contribution is 6.32. The van der Waals surface area contributed by atoms with Crippen molar-refractivity contribution in [2.75, 3.05) is 6.54 Å². The van der Waals surface area contributed by atoms with Crippen LogP contribution in [0.5, 0.6) is 5.75 Å². The predicted molar refractivity (Wildman–Crippen MR) is 76.4 cm³/mol. The van der Waals surface area contributed by atoms with Gasteiger partial charge in [-0.25, -0.2) is 4.39 Å². The lowest BCUT2D eigenvalue weighted by atomic mass is 10.3. The van der Waals surface area contributed by atoms with Crippen LogP contribution in [0, 0.1) is 5.82 Å². The first kappa shape index (κ1) is 14.9. The van der Waals surface area contributed by atoms with Crippen molar-refractivity contribution in [1.29, 1.82) is 0 Å². The number of hydrogen-bond acceptors (Lipinski definition) is 3. The summed E-state index contributed by atoms with van der Waals surface area (Å²) in [4.78, 5) is 0. The first-order valence-electron chi connectivity index (χ1n) is 6.55. The summed E-state index contributed by atoms with van der Waals surface area (Å²) < 4.78 is 24.0. The van der Waals surface area contributed by atoms with Gasteiger partial charge in [-0.05, 0) is 43.3 Å². The Kier molecular flexibility index (Phi) is 5.44. The van der Waals surface area contributed by atoms with Gasteiger partial charge in [-0.15, -0.1) is 0 Å². The minimum atomic E-state index is -0.385. The van der Waals surface area contributed by atoms with Gasteiger partial charge in [-0.3, -0.25) is 0 Å². The fourth-order valence-corrected chi connectivity index (χ4v) is 1.95. The fraction of sp³-hybridized carbons (Fsp3) is 0.333. The van der Waals surface area contributed by atoms with Gasteiger partial charge in [0.15, 0.2) is 0 Å². The molecule has 108 valence electrons. The molecule has 0 saturated heterocycles. The van der Waals surface area contributed by atoms with E-state index < -0.39 is 0 Å². The molecule has 0 unspecified atom stereocenters. The van der Waals surface area contributed by atoms with Crippen molar-refractivity contribution < 1.29 is 13.5 Å². The number of benzene rings is 1. The number of furan rings is 1. The van der Waals surface area contributed by atoms with E-state index >= 15 is 0 Å². The first-order chi connectivity index (χ1) is 9.69. The van der Waals surface area contributed by atoms with E-state index in [0.29, 0.717) is 18.1 Å². The van der Waals surface area contributed by atoms with Gasteiger partial charge in [0.1, 0.15) is 29.7 Å². The van der Waals surface area contributed by atoms with Crippen LogP contribution in [0.1, 0.15) is 24.9 Å². The Morgan fingerprint density at radius 2 is 2.05 bits per heavy atom. The number of ether oxygens (including phenoxy) is 1. The molecular weight excluding hydrogens is 281 g/mol. The van der Waals surface area contributed by atoms with Gasteiger partial charge >= 0.3 is 0 Å². The molecule has 5 heteroatoms. The number of halogens is 2. The third-order valence-corrected chi connectivity index (χ3v) is 3.00. The Bertz CT molecular complexity index is 557. The zero-order valence-corrected chi connectivity index (χ0v) is 12.0. The Morgan fingerprint density at radius 3 is 2.80 bits per heavy atom. The van der Waals surface area contributed by atoms with Crippen LogP contribution in [0.3, 0.4) is 0 Å². The fourth-order valence-electron chi connectivity index (χ4n) is 1.72. The second-order valence-electron chi connectivity index (χ2n) is 4.41. The molecule has 0 fully saturated rings. The third-order valence-electron chi connectivity index (χ3n) is 2.71. The summed E-state index contributed by atoms with van der Waals surface area (Å²) in [6, 6.07) is 7.81. The Morgan fingerprint density at radius 1 is 1.25 bits per heavy atom. The summed E-state index contributed by atoms with van der Waals surface area (Å²) in [5.74, 6) is 1.63. The smallest absolute Gasteiger partial charge is 0.146 e. The quantitative estimate of drug-likeness (QED) is 0.780. The maximum absolute atomic E-state index is 12.9. The highest BCUT2D eigenvalue weighted by Gasteiger charge is 2.06. The van der Waals surface area contributed by atoms with E-state index in [1.165, 1.54) is 18.2 Å². The van der Waals surface area contributed by atoms with Gasteiger partial charge in [0, 0.05) is 0 Å². The summed E-state index contributed by atoms with van der Waals surface area (Å²) >= 11 is 5.88. The van der Waals surface area contributed by atoms with Crippen LogP contribution in [0.2, 0.25) is 5.02 Å². The molecule has 2 rings (SSSR count). The van der Waals surface area contributed by atoms with Gasteiger partial charge in [-0.1, -0.05) is 18.5 Å². The van der Waals surface area contributed by atoms with E-state index in [-0.39, 0.29) is 17.4 Å². The normalized spacial score (nSPS) is 10.8. The molecule has 0 aliphatic heterocycles. The second-order valence-corrected chi connectivity index (χ2v) is 4.82. The van der Waals surface area contributed by atoms with Crippen LogP contribution in [-0.2, 0) is 13.2 Å². The van der Waals surface area contributed by atoms with Crippen LogP contribution >= 0.6 is 11.6 Å². The van der Waals surface area contributed by atoms with E-state index in [2.05, 4.69) is 12.2 Å². The summed E-state index contributed by atoms with van der Waals surface area (Å²) in [6.45, 7) is 4.03. The van der Waals surface area contributed by atoms with Gasteiger partial charge in [0.05, 0.1) is 11.6 Å². The van der Waals surface area contributed by atoms with Crippen molar-refractivity contribution in [2.45, 2.75) is 26.5 Å². The molecule has 0 atom stereocenters. The summed E-state index contributed by atoms with van der Waals surface area (Å²) in [7, 11) is 0. The summed E-state index contributed by atoms with van der Waals surface area (Å²) in [5, 5.41) is 3.51. The van der Waals surface area contributed by atoms with Crippen molar-refractivity contribution in [3.05, 3.63) is 52.7 Å². The molecule has 1 heterocycles. The molecule has 0 amide bonds. The van der Waals surface area contributed by atoms with Gasteiger partial charge in [-0.2, -0.15) is 0 Å². The number of hydrogen-bond donors (Lipinski definition) is 1. The first-order valence-corrected chi connectivity index (χ1v) is 6.93. The lowest BCUT2D eigenvalue weighted by Gasteiger charge is -2.06. The molecular formula is C15H17ClFNO2. The maximum atomic E-state index is 12.9. The molecule has 3 nitrogen and oxygen atoms in total. The monoisotopic (exact) mass is 297 g/mol. The molecule has 0 aliphatic carbocycles. The van der Waals surface area contributed by atoms with Crippen molar-refractivity contribution >= 4 is 11.6 Å². The molecule has 1 aromatic carbocycles. The van der Waals surface area contributed by atoms with Crippen LogP contribution in [0.25, 0.3) is 0 Å². The Hall–Kier alpha value is -1.52. The zero-order valence-electron chi connectivity index (χ0n) is 11.3. The number of nitrogens with one attached hydrogen (secondary N) is 1. The molecule has 2 aromatic rings. The van der Waals surface area contributed by atoms with E-state index in [1.54, 1.807) is 0 Å². The lowest BCUT2D eigenvalue weighted by Crippen LogP contribution is -2.13. The average Bonchev–Trinajstić information content (AvgIpc) is 2.86. The van der Waals surface area contributed by atoms with Gasteiger partial charge in [0.2, 0.25) is 0 Å². The number of rotatable bonds is 7. The Labute approximate surface area is 122 Å². The highest BCUT2D eigenvalue weighted by Crippen LogP contribution is 2.25. The zero-order chi connectivity index (χ0) is 14.4. The maximum Gasteiger partial charge on any atom is 0.146 e. The summed E-state index contributed by atoms with van der Waals surface area (Å²) in [5.41, 5.74) is 0. The lowest BCUT2D eigenvalue weighted by molar-refractivity contribution is 0.265. The molecule has 0 bridgehead atoms. The largest absolute Gasteiger partial charge is 0.484 e. The van der Waals surface area contributed by atoms with Crippen LogP contribution < -0.4 is 10.1 Å². The standard InChI is InChI=1S/C15H17ClFNO2/c1-2-7-18-9-12-4-5-13(20-12)10-19-15-6-3-11(17)8-14(15)16/h3-6,8,18H,2,7,9-10H2,1H3. The molecule has 0 saturated carbocycles. The molecule has 0 radical (unpaired) electrons. The van der Waals surface area contributed by atoms with Crippen molar-refractivity contribution in [2.24, 2.45) is 0 Å². The minimum absolute atomic E-state index is 0.251. The third kappa shape index (κ3) is 4.25. The molecule has 0 aliphatic rings. The van der Waals surface area contributed by atoms with Crippen LogP contribution in [0.4, 0.5) is 4.39 Å². The van der Waals surface area contributed by atoms with E-state index in [0.717, 1.165) is 18.7 Å². The minimum Gasteiger partial charge on any atom is -0.484 e. The summed E-state index contributed by atoms with van der Waals surface area (Å²) in [6.07, 6.45) is 1.08. The van der Waals surface area contributed by atoms with E-state index in [9.17, 15) is 4.39 Å². The van der Waals surface area contributed by atoms with Gasteiger partial charge < -0.3 is 14.5 Å². The van der Waals surface area contributed by atoms with Crippen molar-refractivity contribution in [1.82, 2.24) is 5.32 Å². The molecule has 0 spiro atoms. The van der Waals surface area contributed by atoms with E-state index in [4.69, 9.17) is 20.8 Å². The topological polar surface area (TPSA) is 34.4 Å². The average molecular weight is 298 g/mol.